The van der Waals surface area contributed by atoms with E-state index >= 15 is 0 Å². The largest absolute Gasteiger partial charge is 0.481 e. The first-order valence-electron chi connectivity index (χ1n) is 14.4. The Morgan fingerprint density at radius 3 is 2.28 bits per heavy atom. The highest BCUT2D eigenvalue weighted by Crippen LogP contribution is 2.42. The van der Waals surface area contributed by atoms with Gasteiger partial charge in [0.25, 0.3) is 5.91 Å². The van der Waals surface area contributed by atoms with E-state index in [1.165, 1.54) is 26.0 Å². The number of aliphatic carboxylic acids is 1. The number of carboxylic acids is 1. The van der Waals surface area contributed by atoms with E-state index in [1.807, 2.05) is 11.5 Å². The minimum absolute atomic E-state index is 0.0750. The monoisotopic (exact) mass is 664 g/mol. The van der Waals surface area contributed by atoms with Gasteiger partial charge in [0.15, 0.2) is 9.84 Å². The zero-order chi connectivity index (χ0) is 31.9. The minimum atomic E-state index is -4.54. The van der Waals surface area contributed by atoms with Crippen LogP contribution in [0.15, 0.2) is 23.1 Å². The second-order valence-corrected chi connectivity index (χ2v) is 15.5. The van der Waals surface area contributed by atoms with Gasteiger partial charge >= 0.3 is 12.1 Å². The molecule has 1 amide bonds. The van der Waals surface area contributed by atoms with Crippen molar-refractivity contribution in [2.45, 2.75) is 95.8 Å². The van der Waals surface area contributed by atoms with Crippen molar-refractivity contribution in [1.82, 2.24) is 9.88 Å². The van der Waals surface area contributed by atoms with E-state index in [2.05, 4.69) is 5.32 Å². The summed E-state index contributed by atoms with van der Waals surface area (Å²) in [5, 5.41) is 11.7. The van der Waals surface area contributed by atoms with E-state index in [4.69, 9.17) is 28.3 Å². The quantitative estimate of drug-likeness (QED) is 0.271. The van der Waals surface area contributed by atoms with E-state index in [0.29, 0.717) is 47.8 Å². The number of nitrogens with one attached hydrogen (secondary N) is 1. The normalized spacial score (nSPS) is 20.1. The molecule has 2 saturated carbocycles. The van der Waals surface area contributed by atoms with Crippen molar-refractivity contribution in [1.29, 1.82) is 0 Å². The molecule has 238 valence electrons. The molecule has 0 atom stereocenters. The fraction of sp³-hybridized carbons (Fsp3) is 0.600. The third-order valence-corrected chi connectivity index (χ3v) is 11.7. The molecule has 0 bridgehead atoms. The van der Waals surface area contributed by atoms with Gasteiger partial charge in [-0.25, -0.2) is 8.42 Å². The topological polar surface area (TPSA) is 105 Å². The van der Waals surface area contributed by atoms with Crippen molar-refractivity contribution in [2.24, 2.45) is 17.3 Å². The number of hydrogen-bond acceptors (Lipinski definition) is 4. The fourth-order valence-electron chi connectivity index (χ4n) is 6.32. The lowest BCUT2D eigenvalue weighted by molar-refractivity contribution is -0.152. The van der Waals surface area contributed by atoms with Crippen molar-refractivity contribution in [3.8, 4) is 11.3 Å². The van der Waals surface area contributed by atoms with E-state index in [1.54, 1.807) is 6.07 Å². The molecule has 2 N–H and O–H groups in total. The van der Waals surface area contributed by atoms with Crippen LogP contribution in [0.4, 0.5) is 13.2 Å². The first-order valence-corrected chi connectivity index (χ1v) is 16.8. The maximum Gasteiger partial charge on any atom is 0.389 e. The SMILES string of the molecule is Cc1c(C(=O)N[C@H]2C[C@H](C(=O)O)C2)cc(-c2ccc(S(=O)(=O)CC(C)(C)CC(F)(F)F)c(Cl)c2Cl)n1CC1CCCCC1. The second kappa shape index (κ2) is 12.6. The number of sulfone groups is 1. The molecule has 0 saturated heterocycles. The molecule has 7 nitrogen and oxygen atoms in total. The second-order valence-electron chi connectivity index (χ2n) is 12.8. The van der Waals surface area contributed by atoms with Gasteiger partial charge in [0.1, 0.15) is 0 Å². The Morgan fingerprint density at radius 1 is 1.07 bits per heavy atom. The zero-order valence-corrected chi connectivity index (χ0v) is 26.7. The van der Waals surface area contributed by atoms with Crippen LogP contribution in [0, 0.1) is 24.2 Å². The van der Waals surface area contributed by atoms with Crippen LogP contribution in [-0.4, -0.2) is 47.9 Å². The number of carboxylic acid groups (broad SMARTS) is 1. The number of aromatic nitrogens is 1. The van der Waals surface area contributed by atoms with Crippen molar-refractivity contribution in [3.63, 3.8) is 0 Å². The third kappa shape index (κ3) is 7.89. The van der Waals surface area contributed by atoms with Gasteiger partial charge in [-0.15, -0.1) is 0 Å². The van der Waals surface area contributed by atoms with Gasteiger partial charge < -0.3 is 15.0 Å². The first-order chi connectivity index (χ1) is 19.9. The number of hydrogen-bond donors (Lipinski definition) is 2. The van der Waals surface area contributed by atoms with E-state index in [0.717, 1.165) is 32.1 Å². The maximum atomic E-state index is 13.3. The summed E-state index contributed by atoms with van der Waals surface area (Å²) in [7, 11) is -4.24. The summed E-state index contributed by atoms with van der Waals surface area (Å²) in [5.41, 5.74) is 0.448. The number of halogens is 5. The molecule has 1 aromatic carbocycles. The van der Waals surface area contributed by atoms with E-state index < -0.39 is 45.5 Å². The Labute approximate surface area is 260 Å². The summed E-state index contributed by atoms with van der Waals surface area (Å²) >= 11 is 13.2. The molecule has 43 heavy (non-hydrogen) atoms. The maximum absolute atomic E-state index is 13.3. The number of benzene rings is 1. The molecule has 1 heterocycles. The van der Waals surface area contributed by atoms with E-state index in [9.17, 15) is 31.2 Å². The molecule has 2 aromatic rings. The Bertz CT molecular complexity index is 1490. The summed E-state index contributed by atoms with van der Waals surface area (Å²) in [5.74, 6) is -2.12. The van der Waals surface area contributed by atoms with E-state index in [-0.39, 0.29) is 26.9 Å². The number of alkyl halides is 3. The third-order valence-electron chi connectivity index (χ3n) is 8.52. The molecule has 2 aliphatic rings. The highest BCUT2D eigenvalue weighted by Gasteiger charge is 2.40. The van der Waals surface area contributed by atoms with Gasteiger partial charge in [0.2, 0.25) is 0 Å². The van der Waals surface area contributed by atoms with Crippen molar-refractivity contribution < 1.29 is 36.3 Å². The Hall–Kier alpha value is -2.24. The molecular weight excluding hydrogens is 628 g/mol. The number of amides is 1. The molecular formula is C30H37Cl2F3N2O5S. The molecule has 0 unspecified atom stereocenters. The van der Waals surface area contributed by atoms with Crippen molar-refractivity contribution in [3.05, 3.63) is 39.5 Å². The lowest BCUT2D eigenvalue weighted by Gasteiger charge is -2.32. The number of carbonyl (C=O) groups is 2. The van der Waals surface area contributed by atoms with Crippen LogP contribution in [0.1, 0.15) is 81.3 Å². The number of nitrogens with zero attached hydrogens (tertiary/aromatic N) is 1. The molecule has 2 aliphatic carbocycles. The smallest absolute Gasteiger partial charge is 0.389 e. The summed E-state index contributed by atoms with van der Waals surface area (Å²) in [6.45, 7) is 4.90. The Morgan fingerprint density at radius 2 is 1.70 bits per heavy atom. The van der Waals surface area contributed by atoms with Crippen LogP contribution in [0.25, 0.3) is 11.3 Å². The average Bonchev–Trinajstić information content (AvgIpc) is 3.16. The summed E-state index contributed by atoms with van der Waals surface area (Å²) < 4.78 is 67.6. The predicted molar refractivity (Wildman–Crippen MR) is 159 cm³/mol. The number of rotatable bonds is 10. The van der Waals surface area contributed by atoms with Crippen LogP contribution in [0.3, 0.4) is 0 Å². The van der Waals surface area contributed by atoms with Gasteiger partial charge in [0.05, 0.1) is 37.9 Å². The lowest BCUT2D eigenvalue weighted by atomic mass is 9.80. The van der Waals surface area contributed by atoms with Crippen LogP contribution < -0.4 is 5.32 Å². The molecule has 4 rings (SSSR count). The highest BCUT2D eigenvalue weighted by atomic mass is 35.5. The average molecular weight is 666 g/mol. The minimum Gasteiger partial charge on any atom is -0.481 e. The molecule has 1 aromatic heterocycles. The van der Waals surface area contributed by atoms with Gasteiger partial charge in [-0.05, 0) is 62.1 Å². The fourth-order valence-corrected chi connectivity index (χ4v) is 9.09. The molecule has 0 spiro atoms. The summed E-state index contributed by atoms with van der Waals surface area (Å²) in [6.07, 6.45) is 0.310. The van der Waals surface area contributed by atoms with Gasteiger partial charge in [0, 0.05) is 30.3 Å². The van der Waals surface area contributed by atoms with Crippen LogP contribution in [-0.2, 0) is 21.2 Å². The van der Waals surface area contributed by atoms with Crippen molar-refractivity contribution in [2.75, 3.05) is 5.75 Å². The lowest BCUT2D eigenvalue weighted by Crippen LogP contribution is -2.46. The standard InChI is InChI=1S/C30H37Cl2F3N2O5S/c1-17-22(27(38)36-20-11-19(12-20)28(39)40)13-23(37(17)14-18-7-5-4-6-8-18)21-9-10-24(26(32)25(21)31)43(41,42)16-29(2,3)15-30(33,34)35/h9-10,13,18-20H,4-8,11-12,14-16H2,1-3H3,(H,36,38)(H,39,40)/t19-,20-. The van der Waals surface area contributed by atoms with Gasteiger partial charge in [-0.1, -0.05) is 56.3 Å². The molecule has 13 heteroatoms. The van der Waals surface area contributed by atoms with Crippen molar-refractivity contribution >= 4 is 44.9 Å². The Kier molecular flexibility index (Phi) is 9.89. The van der Waals surface area contributed by atoms with Gasteiger partial charge in [-0.2, -0.15) is 13.2 Å². The van der Waals surface area contributed by atoms with Gasteiger partial charge in [-0.3, -0.25) is 9.59 Å². The van der Waals surface area contributed by atoms with Crippen LogP contribution in [0.5, 0.6) is 0 Å². The first kappa shape index (κ1) is 33.6. The van der Waals surface area contributed by atoms with Crippen LogP contribution >= 0.6 is 23.2 Å². The highest BCUT2D eigenvalue weighted by molar-refractivity contribution is 7.91. The summed E-state index contributed by atoms with van der Waals surface area (Å²) in [6, 6.07) is 4.17. The Balaban J connectivity index is 1.69. The zero-order valence-electron chi connectivity index (χ0n) is 24.4. The predicted octanol–water partition coefficient (Wildman–Crippen LogP) is 7.70. The summed E-state index contributed by atoms with van der Waals surface area (Å²) in [4.78, 5) is 24.1. The molecule has 2 fully saturated rings. The molecule has 0 radical (unpaired) electrons. The van der Waals surface area contributed by atoms with Crippen LogP contribution in [0.2, 0.25) is 10.0 Å². The number of carbonyl (C=O) groups excluding carboxylic acids is 1. The molecule has 0 aliphatic heterocycles.